The molecule has 2 aliphatic heterocycles. The van der Waals surface area contributed by atoms with Gasteiger partial charge in [0.2, 0.25) is 11.8 Å². The van der Waals surface area contributed by atoms with E-state index in [1.54, 1.807) is 0 Å². The first-order valence-corrected chi connectivity index (χ1v) is 10.1. The van der Waals surface area contributed by atoms with Crippen molar-refractivity contribution in [1.82, 2.24) is 14.7 Å². The van der Waals surface area contributed by atoms with Gasteiger partial charge in [0.25, 0.3) is 0 Å². The number of rotatable bonds is 4. The van der Waals surface area contributed by atoms with Crippen molar-refractivity contribution in [1.29, 1.82) is 0 Å². The number of amides is 2. The van der Waals surface area contributed by atoms with Gasteiger partial charge in [0, 0.05) is 32.1 Å². The standard InChI is InChI=1S/C22H33N3O2/c1-17-5-7-18(8-6-17)14-25-16-24(15-21(25)27)19-9-11-23(12-10-19)20(26)13-22(2,3)4/h5-8,19H,9-16H2,1-4H3. The van der Waals surface area contributed by atoms with Crippen LogP contribution in [-0.4, -0.2) is 58.9 Å². The van der Waals surface area contributed by atoms with Crippen molar-refractivity contribution in [2.45, 2.75) is 59.5 Å². The summed E-state index contributed by atoms with van der Waals surface area (Å²) in [7, 11) is 0. The zero-order valence-corrected chi connectivity index (χ0v) is 17.2. The Bertz CT molecular complexity index is 670. The maximum atomic E-state index is 12.4. The molecular formula is C22H33N3O2. The number of carbonyl (C=O) groups is 2. The second-order valence-corrected chi connectivity index (χ2v) is 9.31. The molecule has 0 unspecified atom stereocenters. The molecule has 1 aromatic carbocycles. The summed E-state index contributed by atoms with van der Waals surface area (Å²) < 4.78 is 0. The Balaban J connectivity index is 1.50. The van der Waals surface area contributed by atoms with Gasteiger partial charge in [-0.3, -0.25) is 14.5 Å². The third-order valence-electron chi connectivity index (χ3n) is 5.55. The Morgan fingerprint density at radius 2 is 1.74 bits per heavy atom. The van der Waals surface area contributed by atoms with E-state index < -0.39 is 0 Å². The Labute approximate surface area is 163 Å². The summed E-state index contributed by atoms with van der Waals surface area (Å²) in [6.45, 7) is 11.9. The van der Waals surface area contributed by atoms with Gasteiger partial charge in [-0.2, -0.15) is 0 Å². The molecule has 0 aromatic heterocycles. The van der Waals surface area contributed by atoms with Gasteiger partial charge in [-0.05, 0) is 30.7 Å². The minimum atomic E-state index is 0.0335. The average molecular weight is 372 g/mol. The van der Waals surface area contributed by atoms with Gasteiger partial charge < -0.3 is 9.80 Å². The van der Waals surface area contributed by atoms with Gasteiger partial charge in [-0.25, -0.2) is 0 Å². The molecule has 2 fully saturated rings. The first-order chi connectivity index (χ1) is 12.7. The molecule has 1 aromatic rings. The van der Waals surface area contributed by atoms with Gasteiger partial charge in [0.1, 0.15) is 0 Å². The van der Waals surface area contributed by atoms with Gasteiger partial charge >= 0.3 is 0 Å². The number of hydrogen-bond donors (Lipinski definition) is 0. The molecule has 5 heteroatoms. The summed E-state index contributed by atoms with van der Waals surface area (Å²) in [6.07, 6.45) is 2.52. The van der Waals surface area contributed by atoms with Crippen LogP contribution in [0.25, 0.3) is 0 Å². The van der Waals surface area contributed by atoms with Crippen molar-refractivity contribution in [2.24, 2.45) is 5.41 Å². The van der Waals surface area contributed by atoms with Crippen molar-refractivity contribution in [3.8, 4) is 0 Å². The van der Waals surface area contributed by atoms with Crippen LogP contribution in [0.15, 0.2) is 24.3 Å². The zero-order valence-electron chi connectivity index (χ0n) is 17.2. The van der Waals surface area contributed by atoms with Crippen LogP contribution in [0, 0.1) is 12.3 Å². The van der Waals surface area contributed by atoms with Crippen LogP contribution >= 0.6 is 0 Å². The molecule has 0 radical (unpaired) electrons. The third-order valence-corrected chi connectivity index (χ3v) is 5.55. The molecule has 27 heavy (non-hydrogen) atoms. The number of hydrogen-bond acceptors (Lipinski definition) is 3. The fraction of sp³-hybridized carbons (Fsp3) is 0.636. The minimum absolute atomic E-state index is 0.0335. The topological polar surface area (TPSA) is 43.9 Å². The average Bonchev–Trinajstić information content (AvgIpc) is 2.96. The summed E-state index contributed by atoms with van der Waals surface area (Å²) in [5, 5.41) is 0. The molecule has 2 saturated heterocycles. The highest BCUT2D eigenvalue weighted by atomic mass is 16.2. The van der Waals surface area contributed by atoms with Gasteiger partial charge in [0.15, 0.2) is 0 Å². The second-order valence-electron chi connectivity index (χ2n) is 9.31. The van der Waals surface area contributed by atoms with Crippen LogP contribution in [0.1, 0.15) is 51.2 Å². The van der Waals surface area contributed by atoms with Crippen molar-refractivity contribution < 1.29 is 9.59 Å². The molecule has 0 spiro atoms. The molecule has 2 amide bonds. The van der Waals surface area contributed by atoms with E-state index in [1.807, 2.05) is 9.80 Å². The van der Waals surface area contributed by atoms with Gasteiger partial charge in [0.05, 0.1) is 13.2 Å². The normalized spacial score (nSPS) is 19.8. The Hall–Kier alpha value is -1.88. The van der Waals surface area contributed by atoms with Crippen molar-refractivity contribution in [3.05, 3.63) is 35.4 Å². The quantitative estimate of drug-likeness (QED) is 0.817. The lowest BCUT2D eigenvalue weighted by Gasteiger charge is -2.37. The van der Waals surface area contributed by atoms with E-state index in [9.17, 15) is 9.59 Å². The van der Waals surface area contributed by atoms with Crippen LogP contribution < -0.4 is 0 Å². The SMILES string of the molecule is Cc1ccc(CN2CN(C3CCN(C(=O)CC(C)(C)C)CC3)CC2=O)cc1. The summed E-state index contributed by atoms with van der Waals surface area (Å²) >= 11 is 0. The molecule has 5 nitrogen and oxygen atoms in total. The Morgan fingerprint density at radius 1 is 1.11 bits per heavy atom. The van der Waals surface area contributed by atoms with E-state index in [4.69, 9.17) is 0 Å². The van der Waals surface area contributed by atoms with Crippen molar-refractivity contribution in [2.75, 3.05) is 26.3 Å². The summed E-state index contributed by atoms with van der Waals surface area (Å²) in [6, 6.07) is 8.79. The number of likely N-dealkylation sites (tertiary alicyclic amines) is 1. The lowest BCUT2D eigenvalue weighted by atomic mass is 9.91. The first-order valence-electron chi connectivity index (χ1n) is 10.1. The van der Waals surface area contributed by atoms with Crippen LogP contribution in [0.3, 0.4) is 0 Å². The van der Waals surface area contributed by atoms with E-state index in [0.29, 0.717) is 32.2 Å². The first kappa shape index (κ1) is 19.9. The molecule has 0 saturated carbocycles. The predicted octanol–water partition coefficient (Wildman–Crippen LogP) is 3.02. The van der Waals surface area contributed by atoms with E-state index in [-0.39, 0.29) is 17.2 Å². The number of aryl methyl sites for hydroxylation is 1. The Morgan fingerprint density at radius 3 is 2.33 bits per heavy atom. The molecule has 2 heterocycles. The van der Waals surface area contributed by atoms with Crippen molar-refractivity contribution in [3.63, 3.8) is 0 Å². The number of nitrogens with zero attached hydrogens (tertiary/aromatic N) is 3. The van der Waals surface area contributed by atoms with Crippen LogP contribution in [0.2, 0.25) is 0 Å². The molecule has 148 valence electrons. The summed E-state index contributed by atoms with van der Waals surface area (Å²) in [5.74, 6) is 0.473. The maximum Gasteiger partial charge on any atom is 0.238 e. The lowest BCUT2D eigenvalue weighted by Crippen LogP contribution is -2.47. The lowest BCUT2D eigenvalue weighted by molar-refractivity contribution is -0.134. The second kappa shape index (κ2) is 8.01. The molecule has 0 atom stereocenters. The van der Waals surface area contributed by atoms with Crippen LogP contribution in [-0.2, 0) is 16.1 Å². The molecule has 0 N–H and O–H groups in total. The fourth-order valence-electron chi connectivity index (χ4n) is 3.96. The largest absolute Gasteiger partial charge is 0.343 e. The Kier molecular flexibility index (Phi) is 5.89. The highest BCUT2D eigenvalue weighted by molar-refractivity contribution is 5.80. The summed E-state index contributed by atoms with van der Waals surface area (Å²) in [4.78, 5) is 31.1. The van der Waals surface area contributed by atoms with E-state index in [1.165, 1.54) is 11.1 Å². The summed E-state index contributed by atoms with van der Waals surface area (Å²) in [5.41, 5.74) is 2.45. The highest BCUT2D eigenvalue weighted by Crippen LogP contribution is 2.25. The van der Waals surface area contributed by atoms with Gasteiger partial charge in [-0.15, -0.1) is 0 Å². The number of benzene rings is 1. The number of piperidine rings is 1. The molecular weight excluding hydrogens is 338 g/mol. The smallest absolute Gasteiger partial charge is 0.238 e. The molecule has 0 bridgehead atoms. The zero-order chi connectivity index (χ0) is 19.6. The van der Waals surface area contributed by atoms with E-state index in [0.717, 1.165) is 25.9 Å². The van der Waals surface area contributed by atoms with Crippen LogP contribution in [0.5, 0.6) is 0 Å². The molecule has 0 aliphatic carbocycles. The van der Waals surface area contributed by atoms with E-state index in [2.05, 4.69) is 56.9 Å². The monoisotopic (exact) mass is 371 g/mol. The predicted molar refractivity (Wildman–Crippen MR) is 107 cm³/mol. The maximum absolute atomic E-state index is 12.4. The van der Waals surface area contributed by atoms with Gasteiger partial charge in [-0.1, -0.05) is 50.6 Å². The highest BCUT2D eigenvalue weighted by Gasteiger charge is 2.35. The fourth-order valence-corrected chi connectivity index (χ4v) is 3.96. The van der Waals surface area contributed by atoms with Crippen molar-refractivity contribution >= 4 is 11.8 Å². The molecule has 2 aliphatic rings. The van der Waals surface area contributed by atoms with E-state index >= 15 is 0 Å². The third kappa shape index (κ3) is 5.32. The molecule has 3 rings (SSSR count). The number of carbonyl (C=O) groups excluding carboxylic acids is 2. The minimum Gasteiger partial charge on any atom is -0.343 e. The van der Waals surface area contributed by atoms with Crippen LogP contribution in [0.4, 0.5) is 0 Å².